The molecule has 1 N–H and O–H groups in total. The van der Waals surface area contributed by atoms with E-state index in [2.05, 4.69) is 5.32 Å². The Morgan fingerprint density at radius 1 is 1.15 bits per heavy atom. The average Bonchev–Trinajstić information content (AvgIpc) is 3.00. The van der Waals surface area contributed by atoms with Crippen LogP contribution in [0.5, 0.6) is 0 Å². The summed E-state index contributed by atoms with van der Waals surface area (Å²) in [4.78, 5) is 25.1. The molecule has 0 saturated carbocycles. The lowest BCUT2D eigenvalue weighted by Crippen LogP contribution is -2.33. The van der Waals surface area contributed by atoms with Crippen molar-refractivity contribution < 1.29 is 4.79 Å². The molecule has 3 rings (SSSR count). The van der Waals surface area contributed by atoms with Crippen molar-refractivity contribution >= 4 is 16.9 Å². The minimum Gasteiger partial charge on any atom is -0.355 e. The van der Waals surface area contributed by atoms with Crippen LogP contribution < -0.4 is 10.9 Å². The molecule has 142 valence electrons. The van der Waals surface area contributed by atoms with E-state index in [-0.39, 0.29) is 18.0 Å². The first-order valence-electron chi connectivity index (χ1n) is 9.42. The molecule has 0 aliphatic carbocycles. The topological polar surface area (TPSA) is 68.9 Å². The molecule has 2 aromatic heterocycles. The Labute approximate surface area is 158 Å². The number of carbonyl (C=O) groups is 1. The first-order valence-corrected chi connectivity index (χ1v) is 9.42. The van der Waals surface area contributed by atoms with Gasteiger partial charge in [-0.25, -0.2) is 4.68 Å². The molecule has 2 heterocycles. The highest BCUT2D eigenvalue weighted by Gasteiger charge is 2.19. The fraction of sp³-hybridized carbons (Fsp3) is 0.381. The maximum absolute atomic E-state index is 12.8. The molecule has 1 aromatic carbocycles. The van der Waals surface area contributed by atoms with Crippen LogP contribution in [-0.2, 0) is 17.8 Å². The van der Waals surface area contributed by atoms with Crippen molar-refractivity contribution in [2.24, 2.45) is 0 Å². The first kappa shape index (κ1) is 18.9. The number of aromatic nitrogens is 3. The highest BCUT2D eigenvalue weighted by molar-refractivity contribution is 5.85. The van der Waals surface area contributed by atoms with E-state index in [1.165, 1.54) is 4.57 Å². The Morgan fingerprint density at radius 3 is 2.48 bits per heavy atom. The highest BCUT2D eigenvalue weighted by Crippen LogP contribution is 2.24. The predicted molar refractivity (Wildman–Crippen MR) is 107 cm³/mol. The van der Waals surface area contributed by atoms with E-state index in [1.54, 1.807) is 10.7 Å². The molecule has 0 unspecified atom stereocenters. The Balaban J connectivity index is 2.24. The first-order chi connectivity index (χ1) is 13.0. The van der Waals surface area contributed by atoms with E-state index in [1.807, 2.05) is 52.0 Å². The summed E-state index contributed by atoms with van der Waals surface area (Å²) in [5, 5.41) is 8.49. The minimum atomic E-state index is -0.181. The molecule has 0 saturated heterocycles. The van der Waals surface area contributed by atoms with E-state index in [0.717, 1.165) is 40.7 Å². The van der Waals surface area contributed by atoms with Gasteiger partial charge in [0, 0.05) is 18.0 Å². The summed E-state index contributed by atoms with van der Waals surface area (Å²) >= 11 is 0. The molecule has 0 aliphatic heterocycles. The molecule has 0 atom stereocenters. The summed E-state index contributed by atoms with van der Waals surface area (Å²) < 4.78 is 3.30. The zero-order valence-corrected chi connectivity index (χ0v) is 16.4. The van der Waals surface area contributed by atoms with Gasteiger partial charge in [0.25, 0.3) is 5.56 Å². The van der Waals surface area contributed by atoms with E-state index >= 15 is 0 Å². The van der Waals surface area contributed by atoms with Gasteiger partial charge in [0.2, 0.25) is 5.91 Å². The molecule has 27 heavy (non-hydrogen) atoms. The zero-order chi connectivity index (χ0) is 19.6. The van der Waals surface area contributed by atoms with E-state index in [9.17, 15) is 9.59 Å². The lowest BCUT2D eigenvalue weighted by Gasteiger charge is -2.13. The third kappa shape index (κ3) is 3.65. The van der Waals surface area contributed by atoms with Gasteiger partial charge in [0.1, 0.15) is 12.2 Å². The Morgan fingerprint density at radius 2 is 1.85 bits per heavy atom. The van der Waals surface area contributed by atoms with Gasteiger partial charge in [0.05, 0.1) is 11.4 Å². The number of fused-ring (bicyclic) bond motifs is 1. The number of amides is 1. The molecular weight excluding hydrogens is 340 g/mol. The van der Waals surface area contributed by atoms with Crippen LogP contribution in [0.1, 0.15) is 37.1 Å². The number of benzene rings is 1. The van der Waals surface area contributed by atoms with Crippen molar-refractivity contribution in [2.45, 2.75) is 47.1 Å². The van der Waals surface area contributed by atoms with Gasteiger partial charge in [0.15, 0.2) is 0 Å². The number of hydrogen-bond donors (Lipinski definition) is 1. The predicted octanol–water partition coefficient (Wildman–Crippen LogP) is 2.89. The van der Waals surface area contributed by atoms with Crippen LogP contribution in [0.2, 0.25) is 0 Å². The van der Waals surface area contributed by atoms with Crippen molar-refractivity contribution in [1.29, 1.82) is 0 Å². The molecule has 6 heteroatoms. The molecule has 0 aliphatic rings. The lowest BCUT2D eigenvalue weighted by molar-refractivity contribution is -0.121. The summed E-state index contributed by atoms with van der Waals surface area (Å²) in [7, 11) is 0. The van der Waals surface area contributed by atoms with Crippen LogP contribution in [0, 0.1) is 13.8 Å². The van der Waals surface area contributed by atoms with Gasteiger partial charge in [-0.05, 0) is 44.4 Å². The molecule has 0 bridgehead atoms. The zero-order valence-electron chi connectivity index (χ0n) is 16.4. The van der Waals surface area contributed by atoms with Crippen LogP contribution in [0.15, 0.2) is 35.1 Å². The average molecular weight is 366 g/mol. The SMILES string of the molecule is CCCNC(=O)Cn1c(=O)cc(CC)c2c(C)nn(-c3ccc(C)cc3)c21. The van der Waals surface area contributed by atoms with Crippen molar-refractivity contribution in [3.63, 3.8) is 0 Å². The summed E-state index contributed by atoms with van der Waals surface area (Å²) in [6.07, 6.45) is 1.58. The fourth-order valence-corrected chi connectivity index (χ4v) is 3.31. The third-order valence-corrected chi connectivity index (χ3v) is 4.71. The van der Waals surface area contributed by atoms with Crippen molar-refractivity contribution in [3.05, 3.63) is 57.5 Å². The number of nitrogens with zero attached hydrogens (tertiary/aromatic N) is 3. The Hall–Kier alpha value is -2.89. The molecule has 0 radical (unpaired) electrons. The largest absolute Gasteiger partial charge is 0.355 e. The molecular formula is C21H26N4O2. The minimum absolute atomic E-state index is 0.0175. The van der Waals surface area contributed by atoms with Gasteiger partial charge in [-0.15, -0.1) is 0 Å². The van der Waals surface area contributed by atoms with Gasteiger partial charge >= 0.3 is 0 Å². The second-order valence-electron chi connectivity index (χ2n) is 6.83. The van der Waals surface area contributed by atoms with Gasteiger partial charge in [-0.3, -0.25) is 14.2 Å². The highest BCUT2D eigenvalue weighted by atomic mass is 16.2. The van der Waals surface area contributed by atoms with E-state index < -0.39 is 0 Å². The van der Waals surface area contributed by atoms with E-state index in [4.69, 9.17) is 5.10 Å². The number of nitrogens with one attached hydrogen (secondary N) is 1. The second-order valence-corrected chi connectivity index (χ2v) is 6.83. The fourth-order valence-electron chi connectivity index (χ4n) is 3.31. The molecule has 3 aromatic rings. The quantitative estimate of drug-likeness (QED) is 0.729. The Bertz CT molecular complexity index is 1030. The van der Waals surface area contributed by atoms with Crippen LogP contribution >= 0.6 is 0 Å². The number of rotatable bonds is 6. The van der Waals surface area contributed by atoms with Gasteiger partial charge < -0.3 is 5.32 Å². The lowest BCUT2D eigenvalue weighted by atomic mass is 10.1. The number of hydrogen-bond acceptors (Lipinski definition) is 3. The van der Waals surface area contributed by atoms with Gasteiger partial charge in [-0.1, -0.05) is 31.5 Å². The van der Waals surface area contributed by atoms with Crippen LogP contribution in [0.3, 0.4) is 0 Å². The summed E-state index contributed by atoms with van der Waals surface area (Å²) in [5.74, 6) is -0.168. The van der Waals surface area contributed by atoms with Crippen molar-refractivity contribution in [2.75, 3.05) is 6.54 Å². The molecule has 0 fully saturated rings. The van der Waals surface area contributed by atoms with Crippen molar-refractivity contribution in [3.8, 4) is 5.69 Å². The van der Waals surface area contributed by atoms with Crippen LogP contribution in [0.25, 0.3) is 16.7 Å². The van der Waals surface area contributed by atoms with Gasteiger partial charge in [-0.2, -0.15) is 5.10 Å². The van der Waals surface area contributed by atoms with E-state index in [0.29, 0.717) is 12.2 Å². The smallest absolute Gasteiger partial charge is 0.252 e. The monoisotopic (exact) mass is 366 g/mol. The summed E-state index contributed by atoms with van der Waals surface area (Å²) in [6, 6.07) is 9.61. The molecule has 1 amide bonds. The second kappa shape index (κ2) is 7.78. The maximum atomic E-state index is 12.8. The standard InChI is InChI=1S/C21H26N4O2/c1-5-11-22-18(26)13-24-19(27)12-16(6-2)20-15(4)23-25(21(20)24)17-9-7-14(3)8-10-17/h7-10,12H,5-6,11,13H2,1-4H3,(H,22,26). The Kier molecular flexibility index (Phi) is 5.44. The van der Waals surface area contributed by atoms with Crippen LogP contribution in [0.4, 0.5) is 0 Å². The summed E-state index contributed by atoms with van der Waals surface area (Å²) in [6.45, 7) is 8.57. The molecule has 0 spiro atoms. The normalized spacial score (nSPS) is 11.1. The number of aryl methyl sites for hydroxylation is 3. The number of pyridine rings is 1. The van der Waals surface area contributed by atoms with Crippen molar-refractivity contribution in [1.82, 2.24) is 19.7 Å². The maximum Gasteiger partial charge on any atom is 0.252 e. The third-order valence-electron chi connectivity index (χ3n) is 4.71. The number of carbonyl (C=O) groups excluding carboxylic acids is 1. The molecule has 6 nitrogen and oxygen atoms in total. The van der Waals surface area contributed by atoms with Crippen LogP contribution in [-0.4, -0.2) is 26.8 Å². The summed E-state index contributed by atoms with van der Waals surface area (Å²) in [5.41, 5.74) is 4.32.